The van der Waals surface area contributed by atoms with Crippen molar-refractivity contribution in [2.24, 2.45) is 0 Å². The van der Waals surface area contributed by atoms with E-state index in [2.05, 4.69) is 4.98 Å². The zero-order valence-corrected chi connectivity index (χ0v) is 14.0. The number of anilines is 1. The predicted molar refractivity (Wildman–Crippen MR) is 92.3 cm³/mol. The fourth-order valence-corrected chi connectivity index (χ4v) is 3.47. The molecule has 0 bridgehead atoms. The van der Waals surface area contributed by atoms with E-state index in [0.717, 1.165) is 11.4 Å². The molecule has 2 fully saturated rings. The number of hydrogen-bond acceptors (Lipinski definition) is 4. The van der Waals surface area contributed by atoms with Crippen molar-refractivity contribution in [1.82, 2.24) is 9.88 Å². The fraction of sp³-hybridized carbons (Fsp3) is 0.316. The van der Waals surface area contributed by atoms with E-state index < -0.39 is 0 Å². The number of hydrogen-bond donors (Lipinski definition) is 0. The number of nitrogens with zero attached hydrogens (tertiary/aromatic N) is 3. The Balaban J connectivity index is 1.57. The van der Waals surface area contributed by atoms with E-state index in [1.807, 2.05) is 43.3 Å². The molecule has 0 N–H and O–H groups in total. The van der Waals surface area contributed by atoms with Crippen LogP contribution in [0.25, 0.3) is 0 Å². The van der Waals surface area contributed by atoms with Crippen molar-refractivity contribution in [2.75, 3.05) is 24.6 Å². The van der Waals surface area contributed by atoms with Crippen molar-refractivity contribution in [2.45, 2.75) is 19.1 Å². The predicted octanol–water partition coefficient (Wildman–Crippen LogP) is 1.65. The van der Waals surface area contributed by atoms with E-state index in [0.29, 0.717) is 18.7 Å². The zero-order chi connectivity index (χ0) is 17.4. The average Bonchev–Trinajstić information content (AvgIpc) is 3.06. The van der Waals surface area contributed by atoms with Crippen LogP contribution in [0.1, 0.15) is 16.1 Å². The molecular formula is C19H19N3O3. The number of benzene rings is 1. The maximum Gasteiger partial charge on any atom is 0.255 e. The molecule has 0 aliphatic carbocycles. The van der Waals surface area contributed by atoms with E-state index in [4.69, 9.17) is 4.74 Å². The highest BCUT2D eigenvalue weighted by Gasteiger charge is 2.45. The van der Waals surface area contributed by atoms with Crippen molar-refractivity contribution >= 4 is 17.5 Å². The number of likely N-dealkylation sites (tertiary alicyclic amines) is 1. The van der Waals surface area contributed by atoms with Gasteiger partial charge in [0.05, 0.1) is 17.7 Å². The Morgan fingerprint density at radius 1 is 1.16 bits per heavy atom. The Morgan fingerprint density at radius 2 is 1.96 bits per heavy atom. The molecule has 0 saturated carbocycles. The van der Waals surface area contributed by atoms with Crippen LogP contribution in [-0.4, -0.2) is 53.5 Å². The van der Waals surface area contributed by atoms with Crippen molar-refractivity contribution in [1.29, 1.82) is 0 Å². The van der Waals surface area contributed by atoms with Crippen LogP contribution in [0.2, 0.25) is 0 Å². The molecule has 25 heavy (non-hydrogen) atoms. The van der Waals surface area contributed by atoms with Crippen LogP contribution < -0.4 is 4.90 Å². The molecule has 6 heteroatoms. The van der Waals surface area contributed by atoms with E-state index in [1.165, 1.54) is 0 Å². The van der Waals surface area contributed by atoms with Crippen LogP contribution in [0, 0.1) is 6.92 Å². The van der Waals surface area contributed by atoms with E-state index in [-0.39, 0.29) is 30.6 Å². The Kier molecular flexibility index (Phi) is 3.97. The van der Waals surface area contributed by atoms with Crippen molar-refractivity contribution < 1.29 is 14.3 Å². The van der Waals surface area contributed by atoms with Crippen molar-refractivity contribution in [3.63, 3.8) is 0 Å². The van der Waals surface area contributed by atoms with Crippen LogP contribution in [0.5, 0.6) is 0 Å². The van der Waals surface area contributed by atoms with Gasteiger partial charge in [-0.25, -0.2) is 0 Å². The highest BCUT2D eigenvalue weighted by molar-refractivity contribution is 5.97. The Hall–Kier alpha value is -2.73. The molecule has 0 radical (unpaired) electrons. The van der Waals surface area contributed by atoms with Crippen LogP contribution in [0.4, 0.5) is 5.69 Å². The molecule has 2 amide bonds. The number of amides is 2. The summed E-state index contributed by atoms with van der Waals surface area (Å²) in [7, 11) is 0. The van der Waals surface area contributed by atoms with Crippen molar-refractivity contribution in [3.8, 4) is 0 Å². The minimum absolute atomic E-state index is 0.0458. The Bertz CT molecular complexity index is 791. The quantitative estimate of drug-likeness (QED) is 0.836. The summed E-state index contributed by atoms with van der Waals surface area (Å²) < 4.78 is 5.70. The number of aromatic nitrogens is 1. The number of morpholine rings is 1. The molecule has 2 aliphatic rings. The molecule has 128 valence electrons. The second kappa shape index (κ2) is 6.29. The summed E-state index contributed by atoms with van der Waals surface area (Å²) in [5.74, 6) is -0.148. The molecular weight excluding hydrogens is 318 g/mol. The lowest BCUT2D eigenvalue weighted by molar-refractivity contribution is -0.130. The van der Waals surface area contributed by atoms with Gasteiger partial charge in [-0.2, -0.15) is 0 Å². The highest BCUT2D eigenvalue weighted by atomic mass is 16.5. The SMILES string of the molecule is Cc1ccc(C(=O)N2C[C@@H]3OCC(=O)N(c4ccccc4)[C@H]3C2)cn1. The Morgan fingerprint density at radius 3 is 2.68 bits per heavy atom. The second-order valence-electron chi connectivity index (χ2n) is 6.41. The zero-order valence-electron chi connectivity index (χ0n) is 14.0. The standard InChI is InChI=1S/C19H19N3O3/c1-13-7-8-14(9-20-13)19(24)21-10-16-17(11-21)25-12-18(23)22(16)15-5-3-2-4-6-15/h2-9,16-17H,10-12H2,1H3/t16-,17-/m0/s1. The lowest BCUT2D eigenvalue weighted by atomic mass is 10.1. The number of carbonyl (C=O) groups is 2. The first-order chi connectivity index (χ1) is 12.1. The first-order valence-electron chi connectivity index (χ1n) is 8.34. The molecule has 2 saturated heterocycles. The Labute approximate surface area is 146 Å². The van der Waals surface area contributed by atoms with Gasteiger partial charge in [0, 0.05) is 30.7 Å². The van der Waals surface area contributed by atoms with E-state index in [9.17, 15) is 9.59 Å². The lowest BCUT2D eigenvalue weighted by Crippen LogP contribution is -2.54. The summed E-state index contributed by atoms with van der Waals surface area (Å²) in [6.45, 7) is 2.87. The molecule has 6 nitrogen and oxygen atoms in total. The molecule has 3 heterocycles. The number of fused-ring (bicyclic) bond motifs is 1. The van der Waals surface area contributed by atoms with Crippen LogP contribution >= 0.6 is 0 Å². The van der Waals surface area contributed by atoms with Gasteiger partial charge in [-0.05, 0) is 31.2 Å². The van der Waals surface area contributed by atoms with Gasteiger partial charge in [-0.1, -0.05) is 18.2 Å². The molecule has 1 aromatic heterocycles. The number of rotatable bonds is 2. The molecule has 2 aliphatic heterocycles. The molecule has 2 aromatic rings. The number of ether oxygens (including phenoxy) is 1. The first kappa shape index (κ1) is 15.8. The third-order valence-electron chi connectivity index (χ3n) is 4.74. The monoisotopic (exact) mass is 337 g/mol. The molecule has 2 atom stereocenters. The molecule has 4 rings (SSSR count). The van der Waals surface area contributed by atoms with Gasteiger partial charge in [-0.3, -0.25) is 14.6 Å². The van der Waals surface area contributed by atoms with Gasteiger partial charge < -0.3 is 14.5 Å². The van der Waals surface area contributed by atoms with E-state index in [1.54, 1.807) is 22.1 Å². The summed E-state index contributed by atoms with van der Waals surface area (Å²) in [5, 5.41) is 0. The van der Waals surface area contributed by atoms with Gasteiger partial charge in [0.1, 0.15) is 6.61 Å². The van der Waals surface area contributed by atoms with Crippen molar-refractivity contribution in [3.05, 3.63) is 59.9 Å². The largest absolute Gasteiger partial charge is 0.364 e. The van der Waals surface area contributed by atoms with Gasteiger partial charge in [-0.15, -0.1) is 0 Å². The summed E-state index contributed by atoms with van der Waals surface area (Å²) >= 11 is 0. The summed E-state index contributed by atoms with van der Waals surface area (Å²) in [6, 6.07) is 13.0. The second-order valence-corrected chi connectivity index (χ2v) is 6.41. The third kappa shape index (κ3) is 2.89. The van der Waals surface area contributed by atoms with Crippen LogP contribution in [0.15, 0.2) is 48.7 Å². The first-order valence-corrected chi connectivity index (χ1v) is 8.34. The number of para-hydroxylation sites is 1. The van der Waals surface area contributed by atoms with Crippen LogP contribution in [0.3, 0.4) is 0 Å². The number of aryl methyl sites for hydroxylation is 1. The van der Waals surface area contributed by atoms with Gasteiger partial charge in [0.15, 0.2) is 0 Å². The van der Waals surface area contributed by atoms with Gasteiger partial charge in [0.25, 0.3) is 11.8 Å². The van der Waals surface area contributed by atoms with E-state index >= 15 is 0 Å². The maximum atomic E-state index is 12.8. The smallest absolute Gasteiger partial charge is 0.255 e. The fourth-order valence-electron chi connectivity index (χ4n) is 3.47. The third-order valence-corrected chi connectivity index (χ3v) is 4.74. The minimum atomic E-state index is -0.166. The molecule has 0 spiro atoms. The normalized spacial score (nSPS) is 22.8. The summed E-state index contributed by atoms with van der Waals surface area (Å²) in [6.07, 6.45) is 1.43. The summed E-state index contributed by atoms with van der Waals surface area (Å²) in [5.41, 5.74) is 2.27. The highest BCUT2D eigenvalue weighted by Crippen LogP contribution is 2.29. The average molecular weight is 337 g/mol. The number of carbonyl (C=O) groups excluding carboxylic acids is 2. The maximum absolute atomic E-state index is 12.8. The number of pyridine rings is 1. The molecule has 0 unspecified atom stereocenters. The summed E-state index contributed by atoms with van der Waals surface area (Å²) in [4.78, 5) is 32.9. The van der Waals surface area contributed by atoms with Gasteiger partial charge >= 0.3 is 0 Å². The van der Waals surface area contributed by atoms with Gasteiger partial charge in [0.2, 0.25) is 0 Å². The van der Waals surface area contributed by atoms with Crippen LogP contribution in [-0.2, 0) is 9.53 Å². The minimum Gasteiger partial charge on any atom is -0.364 e. The molecule has 1 aromatic carbocycles. The topological polar surface area (TPSA) is 62.7 Å². The lowest BCUT2D eigenvalue weighted by Gasteiger charge is -2.36.